The maximum absolute atomic E-state index is 11.8. The monoisotopic (exact) mass is 392 g/mol. The number of aryl methyl sites for hydroxylation is 2. The molecule has 0 aliphatic heterocycles. The molecule has 0 saturated heterocycles. The van der Waals surface area contributed by atoms with Gasteiger partial charge in [-0.1, -0.05) is 0 Å². The molecule has 150 valence electrons. The van der Waals surface area contributed by atoms with Crippen molar-refractivity contribution in [1.29, 1.82) is 0 Å². The minimum atomic E-state index is -0.600. The van der Waals surface area contributed by atoms with Crippen molar-refractivity contribution in [2.24, 2.45) is 36.5 Å². The Labute approximate surface area is 168 Å². The lowest BCUT2D eigenvalue weighted by molar-refractivity contribution is 0.0996. The van der Waals surface area contributed by atoms with Crippen LogP contribution in [-0.4, -0.2) is 42.5 Å². The van der Waals surface area contributed by atoms with Crippen LogP contribution in [0.1, 0.15) is 35.9 Å². The third kappa shape index (κ3) is 3.75. The van der Waals surface area contributed by atoms with Crippen LogP contribution >= 0.6 is 0 Å². The highest BCUT2D eigenvalue weighted by Gasteiger charge is 2.22. The molecule has 0 bridgehead atoms. The van der Waals surface area contributed by atoms with E-state index in [1.165, 1.54) is 12.8 Å². The van der Waals surface area contributed by atoms with E-state index < -0.39 is 5.91 Å². The minimum Gasteiger partial charge on any atom is -0.402 e. The molecule has 1 aliphatic rings. The van der Waals surface area contributed by atoms with Gasteiger partial charge >= 0.3 is 0 Å². The van der Waals surface area contributed by atoms with Gasteiger partial charge in [0.05, 0.1) is 17.4 Å². The predicted octanol–water partition coefficient (Wildman–Crippen LogP) is 1.53. The lowest BCUT2D eigenvalue weighted by Gasteiger charge is -2.05. The second-order valence-electron chi connectivity index (χ2n) is 7.54. The molecule has 4 rings (SSSR count). The van der Waals surface area contributed by atoms with Crippen molar-refractivity contribution >= 4 is 22.5 Å². The van der Waals surface area contributed by atoms with Gasteiger partial charge in [-0.05, 0) is 37.8 Å². The molecule has 3 aromatic rings. The summed E-state index contributed by atoms with van der Waals surface area (Å²) in [5.41, 5.74) is 15.0. The SMILES string of the molecule is C/C(N)=C/C(=NCC1CC1)c1cn(C)c(-c2nc(C(N)=O)cc3c2cnn3C)n1. The molecule has 9 heteroatoms. The van der Waals surface area contributed by atoms with Crippen LogP contribution in [0.15, 0.2) is 35.2 Å². The summed E-state index contributed by atoms with van der Waals surface area (Å²) in [5.74, 6) is 0.657. The number of primary amides is 1. The second-order valence-corrected chi connectivity index (χ2v) is 7.54. The van der Waals surface area contributed by atoms with Crippen LogP contribution in [0.4, 0.5) is 0 Å². The van der Waals surface area contributed by atoms with Gasteiger partial charge in [-0.3, -0.25) is 14.5 Å². The number of allylic oxidation sites excluding steroid dienone is 2. The Kier molecular flexibility index (Phi) is 4.65. The Morgan fingerprint density at radius 3 is 2.69 bits per heavy atom. The number of aromatic nitrogens is 5. The number of imidazole rings is 1. The fourth-order valence-corrected chi connectivity index (χ4v) is 3.19. The van der Waals surface area contributed by atoms with Crippen molar-refractivity contribution < 1.29 is 4.79 Å². The molecule has 3 aromatic heterocycles. The van der Waals surface area contributed by atoms with E-state index in [0.717, 1.165) is 23.2 Å². The molecule has 0 unspecified atom stereocenters. The maximum atomic E-state index is 11.8. The number of rotatable bonds is 6. The van der Waals surface area contributed by atoms with E-state index in [-0.39, 0.29) is 5.69 Å². The number of hydrogen-bond acceptors (Lipinski definition) is 6. The molecule has 1 amide bonds. The van der Waals surface area contributed by atoms with E-state index in [4.69, 9.17) is 21.4 Å². The second kappa shape index (κ2) is 7.16. The zero-order chi connectivity index (χ0) is 20.7. The van der Waals surface area contributed by atoms with Gasteiger partial charge in [0.15, 0.2) is 5.82 Å². The number of nitrogens with zero attached hydrogens (tertiary/aromatic N) is 6. The fraction of sp³-hybridized carbons (Fsp3) is 0.350. The fourth-order valence-electron chi connectivity index (χ4n) is 3.19. The van der Waals surface area contributed by atoms with Crippen LogP contribution in [-0.2, 0) is 14.1 Å². The van der Waals surface area contributed by atoms with Crippen molar-refractivity contribution in [3.8, 4) is 11.5 Å². The van der Waals surface area contributed by atoms with Gasteiger partial charge < -0.3 is 16.0 Å². The van der Waals surface area contributed by atoms with Crippen LogP contribution in [0.25, 0.3) is 22.4 Å². The largest absolute Gasteiger partial charge is 0.402 e. The van der Waals surface area contributed by atoms with Gasteiger partial charge in [0.2, 0.25) is 0 Å². The standard InChI is InChI=1S/C20H24N8O/c1-11(21)6-14(23-8-12-4-5-12)16-10-27(2)20(26-16)18-13-9-24-28(3)17(13)7-15(25-18)19(22)29/h6-7,9-10,12H,4-5,8,21H2,1-3H3,(H2,22,29)/b11-6-,23-14?. The highest BCUT2D eigenvalue weighted by Crippen LogP contribution is 2.30. The van der Waals surface area contributed by atoms with Gasteiger partial charge in [-0.15, -0.1) is 0 Å². The van der Waals surface area contributed by atoms with Gasteiger partial charge in [-0.2, -0.15) is 5.10 Å². The molecular weight excluding hydrogens is 368 g/mol. The molecular formula is C20H24N8O. The van der Waals surface area contributed by atoms with Gasteiger partial charge in [0.1, 0.15) is 17.1 Å². The summed E-state index contributed by atoms with van der Waals surface area (Å²) in [5, 5.41) is 5.08. The first-order valence-electron chi connectivity index (χ1n) is 9.48. The smallest absolute Gasteiger partial charge is 0.267 e. The van der Waals surface area contributed by atoms with Gasteiger partial charge in [0, 0.05) is 37.9 Å². The lowest BCUT2D eigenvalue weighted by atomic mass is 10.2. The Morgan fingerprint density at radius 2 is 2.03 bits per heavy atom. The van der Waals surface area contributed by atoms with E-state index in [2.05, 4.69) is 10.1 Å². The zero-order valence-electron chi connectivity index (χ0n) is 16.8. The minimum absolute atomic E-state index is 0.168. The molecule has 1 saturated carbocycles. The number of fused-ring (bicyclic) bond motifs is 1. The number of pyridine rings is 1. The number of nitrogens with two attached hydrogens (primary N) is 2. The summed E-state index contributed by atoms with van der Waals surface area (Å²) in [6.45, 7) is 2.60. The Balaban J connectivity index is 1.85. The molecule has 1 fully saturated rings. The molecule has 9 nitrogen and oxygen atoms in total. The highest BCUT2D eigenvalue weighted by atomic mass is 16.1. The number of aliphatic imine (C=N–C) groups is 1. The maximum Gasteiger partial charge on any atom is 0.267 e. The number of carbonyl (C=O) groups excluding carboxylic acids is 1. The van der Waals surface area contributed by atoms with E-state index >= 15 is 0 Å². The van der Waals surface area contributed by atoms with Crippen molar-refractivity contribution in [2.75, 3.05) is 6.54 Å². The van der Waals surface area contributed by atoms with E-state index in [1.54, 1.807) is 24.0 Å². The van der Waals surface area contributed by atoms with Crippen LogP contribution in [0, 0.1) is 5.92 Å². The van der Waals surface area contributed by atoms with Crippen LogP contribution < -0.4 is 11.5 Å². The average Bonchev–Trinajstić information content (AvgIpc) is 3.31. The summed E-state index contributed by atoms with van der Waals surface area (Å²) < 4.78 is 3.54. The summed E-state index contributed by atoms with van der Waals surface area (Å²) in [4.78, 5) is 25.8. The zero-order valence-corrected chi connectivity index (χ0v) is 16.8. The molecule has 0 spiro atoms. The summed E-state index contributed by atoms with van der Waals surface area (Å²) in [6, 6.07) is 1.64. The Morgan fingerprint density at radius 1 is 1.28 bits per heavy atom. The van der Waals surface area contributed by atoms with Crippen LogP contribution in [0.2, 0.25) is 0 Å². The summed E-state index contributed by atoms with van der Waals surface area (Å²) >= 11 is 0. The molecule has 4 N–H and O–H groups in total. The first-order valence-corrected chi connectivity index (χ1v) is 9.48. The number of hydrogen-bond donors (Lipinski definition) is 2. The summed E-state index contributed by atoms with van der Waals surface area (Å²) in [7, 11) is 3.68. The van der Waals surface area contributed by atoms with Gasteiger partial charge in [0.25, 0.3) is 5.91 Å². The first-order chi connectivity index (χ1) is 13.8. The normalized spacial score (nSPS) is 15.3. The third-order valence-electron chi connectivity index (χ3n) is 4.93. The molecule has 29 heavy (non-hydrogen) atoms. The number of carbonyl (C=O) groups is 1. The number of amides is 1. The van der Waals surface area contributed by atoms with Crippen LogP contribution in [0.3, 0.4) is 0 Å². The Hall–Kier alpha value is -3.49. The topological polar surface area (TPSA) is 130 Å². The van der Waals surface area contributed by atoms with Crippen LogP contribution in [0.5, 0.6) is 0 Å². The van der Waals surface area contributed by atoms with E-state index in [0.29, 0.717) is 28.8 Å². The van der Waals surface area contributed by atoms with Crippen molar-refractivity contribution in [3.63, 3.8) is 0 Å². The molecule has 0 radical (unpaired) electrons. The predicted molar refractivity (Wildman–Crippen MR) is 111 cm³/mol. The molecule has 1 aliphatic carbocycles. The van der Waals surface area contributed by atoms with Crippen molar-refractivity contribution in [1.82, 2.24) is 24.3 Å². The highest BCUT2D eigenvalue weighted by molar-refractivity contribution is 6.08. The third-order valence-corrected chi connectivity index (χ3v) is 4.93. The summed E-state index contributed by atoms with van der Waals surface area (Å²) in [6.07, 6.45) is 7.88. The first kappa shape index (κ1) is 18.9. The van der Waals surface area contributed by atoms with E-state index in [9.17, 15) is 4.79 Å². The quantitative estimate of drug-likeness (QED) is 0.614. The Bertz CT molecular complexity index is 1160. The molecule has 3 heterocycles. The lowest BCUT2D eigenvalue weighted by Crippen LogP contribution is -2.14. The van der Waals surface area contributed by atoms with Crippen molar-refractivity contribution in [3.05, 3.63) is 41.6 Å². The average molecular weight is 392 g/mol. The molecule has 0 aromatic carbocycles. The van der Waals surface area contributed by atoms with E-state index in [1.807, 2.05) is 30.8 Å². The van der Waals surface area contributed by atoms with Crippen molar-refractivity contribution in [2.45, 2.75) is 19.8 Å². The van der Waals surface area contributed by atoms with Gasteiger partial charge in [-0.25, -0.2) is 9.97 Å². The molecule has 0 atom stereocenters.